The lowest BCUT2D eigenvalue weighted by atomic mass is 10.0. The van der Waals surface area contributed by atoms with Gasteiger partial charge < -0.3 is 10.2 Å². The highest BCUT2D eigenvalue weighted by molar-refractivity contribution is 7.90. The third-order valence-electron chi connectivity index (χ3n) is 6.62. The summed E-state index contributed by atoms with van der Waals surface area (Å²) in [5.74, 6) is 0.393. The molecule has 2 aromatic rings. The monoisotopic (exact) mass is 452 g/mol. The molecule has 7 nitrogen and oxygen atoms in total. The molecular formula is C24H28N4O3S. The van der Waals surface area contributed by atoms with Gasteiger partial charge in [0.1, 0.15) is 10.9 Å². The van der Waals surface area contributed by atoms with E-state index in [0.29, 0.717) is 24.4 Å². The topological polar surface area (TPSA) is 82.1 Å². The molecule has 2 fully saturated rings. The van der Waals surface area contributed by atoms with E-state index < -0.39 is 10.0 Å². The van der Waals surface area contributed by atoms with Gasteiger partial charge in [-0.2, -0.15) is 8.42 Å². The average molecular weight is 453 g/mol. The Morgan fingerprint density at radius 3 is 2.47 bits per heavy atom. The summed E-state index contributed by atoms with van der Waals surface area (Å²) >= 11 is 0. The number of carbonyl (C=O) groups is 1. The maximum Gasteiger partial charge on any atom is 0.285 e. The number of sulfonamides is 1. The molecule has 3 aliphatic rings. The summed E-state index contributed by atoms with van der Waals surface area (Å²) in [5, 5.41) is 3.23. The molecule has 3 aliphatic heterocycles. The summed E-state index contributed by atoms with van der Waals surface area (Å²) in [4.78, 5) is 17.7. The molecule has 1 amide bonds. The van der Waals surface area contributed by atoms with E-state index in [1.807, 2.05) is 17.0 Å². The molecule has 2 saturated heterocycles. The van der Waals surface area contributed by atoms with Gasteiger partial charge in [0.25, 0.3) is 10.0 Å². The van der Waals surface area contributed by atoms with E-state index in [9.17, 15) is 13.2 Å². The Balaban J connectivity index is 1.21. The van der Waals surface area contributed by atoms with Crippen LogP contribution in [0.15, 0.2) is 63.9 Å². The van der Waals surface area contributed by atoms with Crippen LogP contribution in [0.4, 0.5) is 0 Å². The van der Waals surface area contributed by atoms with Crippen LogP contribution in [0.25, 0.3) is 0 Å². The Morgan fingerprint density at radius 1 is 0.969 bits per heavy atom. The zero-order valence-corrected chi connectivity index (χ0v) is 18.8. The summed E-state index contributed by atoms with van der Waals surface area (Å²) in [6.07, 6.45) is 3.39. The van der Waals surface area contributed by atoms with Gasteiger partial charge in [-0.25, -0.2) is 0 Å². The fourth-order valence-electron chi connectivity index (χ4n) is 4.96. The molecule has 0 radical (unpaired) electrons. The van der Waals surface area contributed by atoms with Gasteiger partial charge in [-0.1, -0.05) is 42.5 Å². The van der Waals surface area contributed by atoms with Gasteiger partial charge in [0.05, 0.1) is 0 Å². The quantitative estimate of drug-likeness (QED) is 0.770. The Morgan fingerprint density at radius 2 is 1.69 bits per heavy atom. The number of piperidine rings is 1. The molecule has 0 spiro atoms. The number of rotatable bonds is 4. The van der Waals surface area contributed by atoms with Gasteiger partial charge in [-0.3, -0.25) is 9.69 Å². The molecule has 5 rings (SSSR count). The minimum absolute atomic E-state index is 0.0199. The van der Waals surface area contributed by atoms with Crippen LogP contribution in [0.3, 0.4) is 0 Å². The number of hydrogen-bond donors (Lipinski definition) is 1. The molecule has 0 bridgehead atoms. The van der Waals surface area contributed by atoms with Gasteiger partial charge in [-0.05, 0) is 43.4 Å². The van der Waals surface area contributed by atoms with Crippen LogP contribution in [-0.4, -0.2) is 61.7 Å². The minimum Gasteiger partial charge on any atom is -0.351 e. The molecule has 3 heterocycles. The molecule has 1 N–H and O–H groups in total. The summed E-state index contributed by atoms with van der Waals surface area (Å²) in [5.41, 5.74) is 1.91. The van der Waals surface area contributed by atoms with Crippen LogP contribution >= 0.6 is 0 Å². The van der Waals surface area contributed by atoms with Crippen molar-refractivity contribution >= 4 is 21.8 Å². The van der Waals surface area contributed by atoms with Crippen LogP contribution in [-0.2, 0) is 21.4 Å². The first-order chi connectivity index (χ1) is 15.5. The third kappa shape index (κ3) is 4.17. The molecule has 2 aromatic carbocycles. The van der Waals surface area contributed by atoms with Crippen LogP contribution in [0, 0.1) is 0 Å². The normalized spacial score (nSPS) is 23.1. The van der Waals surface area contributed by atoms with Crippen LogP contribution < -0.4 is 5.32 Å². The van der Waals surface area contributed by atoms with E-state index in [4.69, 9.17) is 0 Å². The highest BCUT2D eigenvalue weighted by atomic mass is 32.2. The Kier molecular flexibility index (Phi) is 5.73. The minimum atomic E-state index is -3.69. The predicted molar refractivity (Wildman–Crippen MR) is 123 cm³/mol. The second-order valence-corrected chi connectivity index (χ2v) is 10.4. The maximum absolute atomic E-state index is 13.2. The van der Waals surface area contributed by atoms with Crippen molar-refractivity contribution in [1.82, 2.24) is 15.1 Å². The molecule has 1 atom stereocenters. The van der Waals surface area contributed by atoms with Gasteiger partial charge in [0.2, 0.25) is 5.91 Å². The fourth-order valence-corrected chi connectivity index (χ4v) is 6.18. The third-order valence-corrected chi connectivity index (χ3v) is 7.95. The smallest absolute Gasteiger partial charge is 0.285 e. The lowest BCUT2D eigenvalue weighted by Crippen LogP contribution is -2.51. The molecule has 0 saturated carbocycles. The zero-order chi connectivity index (χ0) is 22.1. The van der Waals surface area contributed by atoms with Gasteiger partial charge in [0.15, 0.2) is 5.84 Å². The highest BCUT2D eigenvalue weighted by Gasteiger charge is 2.39. The van der Waals surface area contributed by atoms with Crippen molar-refractivity contribution < 1.29 is 13.2 Å². The van der Waals surface area contributed by atoms with E-state index in [0.717, 1.165) is 38.9 Å². The highest BCUT2D eigenvalue weighted by Crippen LogP contribution is 2.31. The standard InChI is InChI=1S/C24H28N4O3S/c29-24(25-19-12-15-27(16-13-19)17-18-7-2-1-3-8-18)21-10-6-14-28(21)23-20-9-4-5-11-22(20)32(30,31)26-23/h1-5,7-9,11,19,21H,6,10,12-17H2,(H,25,29)/t21-/m0/s1. The number of amides is 1. The first-order valence-electron chi connectivity index (χ1n) is 11.3. The van der Waals surface area contributed by atoms with Crippen molar-refractivity contribution in [3.8, 4) is 0 Å². The summed E-state index contributed by atoms with van der Waals surface area (Å²) in [7, 11) is -3.69. The van der Waals surface area contributed by atoms with E-state index >= 15 is 0 Å². The molecule has 0 aliphatic carbocycles. The fraction of sp³-hybridized carbons (Fsp3) is 0.417. The number of carbonyl (C=O) groups excluding carboxylic acids is 1. The SMILES string of the molecule is O=C(NC1CCN(Cc2ccccc2)CC1)[C@@H]1CCCN1C1=NS(=O)(=O)c2ccccc21. The molecular weight excluding hydrogens is 424 g/mol. The van der Waals surface area contributed by atoms with E-state index in [2.05, 4.69) is 38.9 Å². The Hall–Kier alpha value is -2.71. The van der Waals surface area contributed by atoms with Crippen LogP contribution in [0.1, 0.15) is 36.8 Å². The van der Waals surface area contributed by atoms with Crippen LogP contribution in [0.5, 0.6) is 0 Å². The molecule has 8 heteroatoms. The second kappa shape index (κ2) is 8.67. The largest absolute Gasteiger partial charge is 0.351 e. The summed E-state index contributed by atoms with van der Waals surface area (Å²) in [6, 6.07) is 17.1. The van der Waals surface area contributed by atoms with Crippen molar-refractivity contribution in [1.29, 1.82) is 0 Å². The number of nitrogens with one attached hydrogen (secondary N) is 1. The van der Waals surface area contributed by atoms with Crippen molar-refractivity contribution in [2.45, 2.75) is 49.2 Å². The summed E-state index contributed by atoms with van der Waals surface area (Å²) in [6.45, 7) is 3.47. The van der Waals surface area contributed by atoms with Crippen molar-refractivity contribution in [3.63, 3.8) is 0 Å². The van der Waals surface area contributed by atoms with Crippen molar-refractivity contribution in [2.24, 2.45) is 4.40 Å². The lowest BCUT2D eigenvalue weighted by molar-refractivity contribution is -0.125. The van der Waals surface area contributed by atoms with E-state index in [1.54, 1.807) is 18.2 Å². The number of amidine groups is 1. The van der Waals surface area contributed by atoms with Gasteiger partial charge in [-0.15, -0.1) is 4.40 Å². The lowest BCUT2D eigenvalue weighted by Gasteiger charge is -2.34. The van der Waals surface area contributed by atoms with Gasteiger partial charge >= 0.3 is 0 Å². The molecule has 32 heavy (non-hydrogen) atoms. The number of nitrogens with zero attached hydrogens (tertiary/aromatic N) is 3. The second-order valence-electron chi connectivity index (χ2n) is 8.78. The first kappa shape index (κ1) is 21.2. The number of hydrogen-bond acceptors (Lipinski definition) is 5. The van der Waals surface area contributed by atoms with Crippen molar-refractivity contribution in [2.75, 3.05) is 19.6 Å². The molecule has 168 valence electrons. The van der Waals surface area contributed by atoms with E-state index in [1.165, 1.54) is 5.56 Å². The number of fused-ring (bicyclic) bond motifs is 1. The zero-order valence-electron chi connectivity index (χ0n) is 18.0. The molecule has 0 aromatic heterocycles. The first-order valence-corrected chi connectivity index (χ1v) is 12.7. The van der Waals surface area contributed by atoms with E-state index in [-0.39, 0.29) is 22.9 Å². The molecule has 0 unspecified atom stereocenters. The Bertz CT molecular complexity index is 1120. The number of likely N-dealkylation sites (tertiary alicyclic amines) is 2. The van der Waals surface area contributed by atoms with Gasteiger partial charge in [0, 0.05) is 37.8 Å². The summed E-state index contributed by atoms with van der Waals surface area (Å²) < 4.78 is 28.9. The van der Waals surface area contributed by atoms with Crippen LogP contribution in [0.2, 0.25) is 0 Å². The van der Waals surface area contributed by atoms with Crippen molar-refractivity contribution in [3.05, 3.63) is 65.7 Å². The average Bonchev–Trinajstić information content (AvgIpc) is 3.39. The Labute approximate surface area is 189 Å². The predicted octanol–water partition coefficient (Wildman–Crippen LogP) is 2.38. The maximum atomic E-state index is 13.2. The number of benzene rings is 2.